The van der Waals surface area contributed by atoms with Gasteiger partial charge in [0.05, 0.1) is 5.54 Å². The van der Waals surface area contributed by atoms with E-state index in [0.29, 0.717) is 17.7 Å². The molecule has 0 spiro atoms. The molecular formula is C22H28N2O2. The van der Waals surface area contributed by atoms with Crippen LogP contribution in [0.2, 0.25) is 0 Å². The van der Waals surface area contributed by atoms with Crippen LogP contribution in [0.25, 0.3) is 0 Å². The molecule has 138 valence electrons. The van der Waals surface area contributed by atoms with E-state index in [-0.39, 0.29) is 11.7 Å². The number of Topliss-reactive ketones (excluding diaryl/α,β-unsaturated/α-hetero) is 1. The molecule has 0 heterocycles. The van der Waals surface area contributed by atoms with Crippen LogP contribution >= 0.6 is 0 Å². The first-order valence-electron chi connectivity index (χ1n) is 8.69. The molecule has 2 rings (SSSR count). The third kappa shape index (κ3) is 6.55. The van der Waals surface area contributed by atoms with Gasteiger partial charge in [0.15, 0.2) is 5.78 Å². The molecule has 4 heteroatoms. The summed E-state index contributed by atoms with van der Waals surface area (Å²) in [5, 5.41) is 6.09. The second-order valence-corrected chi connectivity index (χ2v) is 6.34. The Morgan fingerprint density at radius 1 is 1.04 bits per heavy atom. The van der Waals surface area contributed by atoms with Gasteiger partial charge in [-0.05, 0) is 51.1 Å². The van der Waals surface area contributed by atoms with Crippen LogP contribution in [0.15, 0.2) is 67.3 Å². The predicted octanol–water partition coefficient (Wildman–Crippen LogP) is 5.30. The van der Waals surface area contributed by atoms with Gasteiger partial charge in [-0.25, -0.2) is 0 Å². The number of carbonyl (C=O) groups excluding carboxylic acids is 2. The molecule has 0 radical (unpaired) electrons. The Bertz CT molecular complexity index is 737. The molecule has 26 heavy (non-hydrogen) atoms. The molecule has 0 aromatic heterocycles. The standard InChI is InChI=1S/C19H22N2O2.C3H6/c1-4-17(22)19(2,3)21-16-12-8-11-15(13-16)20-18(23)14-9-6-5-7-10-14;1-3-2/h5-13,21H,4H2,1-3H3,(H,20,23);3H,1H2,2H3. The summed E-state index contributed by atoms with van der Waals surface area (Å²) in [5.74, 6) is -0.0251. The molecule has 4 nitrogen and oxygen atoms in total. The highest BCUT2D eigenvalue weighted by atomic mass is 16.1. The minimum atomic E-state index is -0.642. The lowest BCUT2D eigenvalue weighted by atomic mass is 9.97. The Balaban J connectivity index is 0.00000105. The van der Waals surface area contributed by atoms with Crippen LogP contribution < -0.4 is 10.6 Å². The van der Waals surface area contributed by atoms with E-state index in [1.807, 2.05) is 70.2 Å². The van der Waals surface area contributed by atoms with Crippen molar-refractivity contribution in [3.05, 3.63) is 72.8 Å². The summed E-state index contributed by atoms with van der Waals surface area (Å²) in [7, 11) is 0. The topological polar surface area (TPSA) is 58.2 Å². The number of rotatable bonds is 6. The molecule has 2 aromatic rings. The summed E-state index contributed by atoms with van der Waals surface area (Å²) in [4.78, 5) is 24.1. The maximum absolute atomic E-state index is 12.2. The smallest absolute Gasteiger partial charge is 0.255 e. The number of nitrogens with one attached hydrogen (secondary N) is 2. The van der Waals surface area contributed by atoms with E-state index in [2.05, 4.69) is 17.2 Å². The van der Waals surface area contributed by atoms with Gasteiger partial charge in [-0.2, -0.15) is 0 Å². The maximum Gasteiger partial charge on any atom is 0.255 e. The number of anilines is 2. The number of amides is 1. The van der Waals surface area contributed by atoms with Gasteiger partial charge >= 0.3 is 0 Å². The van der Waals surface area contributed by atoms with Crippen molar-refractivity contribution in [1.29, 1.82) is 0 Å². The Labute approximate surface area is 156 Å². The zero-order chi connectivity index (χ0) is 19.6. The van der Waals surface area contributed by atoms with Crippen molar-refractivity contribution in [3.63, 3.8) is 0 Å². The van der Waals surface area contributed by atoms with Crippen LogP contribution in [-0.4, -0.2) is 17.2 Å². The first-order valence-corrected chi connectivity index (χ1v) is 8.69. The molecule has 0 atom stereocenters. The fourth-order valence-corrected chi connectivity index (χ4v) is 2.34. The van der Waals surface area contributed by atoms with Crippen LogP contribution in [0.4, 0.5) is 11.4 Å². The predicted molar refractivity (Wildman–Crippen MR) is 110 cm³/mol. The third-order valence-corrected chi connectivity index (χ3v) is 3.63. The van der Waals surface area contributed by atoms with Crippen LogP contribution in [0.3, 0.4) is 0 Å². The summed E-state index contributed by atoms with van der Waals surface area (Å²) in [5.41, 5.74) is 1.44. The number of hydrogen-bond acceptors (Lipinski definition) is 3. The highest BCUT2D eigenvalue weighted by molar-refractivity contribution is 6.04. The molecule has 0 saturated carbocycles. The lowest BCUT2D eigenvalue weighted by Crippen LogP contribution is -2.39. The van der Waals surface area contributed by atoms with E-state index in [0.717, 1.165) is 5.69 Å². The summed E-state index contributed by atoms with van der Waals surface area (Å²) < 4.78 is 0. The summed E-state index contributed by atoms with van der Waals surface area (Å²) in [6.45, 7) is 10.8. The van der Waals surface area contributed by atoms with E-state index in [1.165, 1.54) is 0 Å². The maximum atomic E-state index is 12.2. The van der Waals surface area contributed by atoms with Crippen molar-refractivity contribution in [2.24, 2.45) is 0 Å². The van der Waals surface area contributed by atoms with Gasteiger partial charge < -0.3 is 10.6 Å². The molecule has 0 fully saturated rings. The number of carbonyl (C=O) groups is 2. The number of benzene rings is 2. The Hall–Kier alpha value is -2.88. The Morgan fingerprint density at radius 3 is 2.19 bits per heavy atom. The van der Waals surface area contributed by atoms with Crippen molar-refractivity contribution in [2.45, 2.75) is 39.7 Å². The fraction of sp³-hybridized carbons (Fsp3) is 0.273. The van der Waals surface area contributed by atoms with Gasteiger partial charge in [0, 0.05) is 23.4 Å². The minimum Gasteiger partial charge on any atom is -0.373 e. The van der Waals surface area contributed by atoms with Crippen molar-refractivity contribution in [3.8, 4) is 0 Å². The molecule has 0 bridgehead atoms. The lowest BCUT2D eigenvalue weighted by Gasteiger charge is -2.25. The van der Waals surface area contributed by atoms with Crippen molar-refractivity contribution in [1.82, 2.24) is 0 Å². The molecule has 0 unspecified atom stereocenters. The normalized spacial score (nSPS) is 10.2. The minimum absolute atomic E-state index is 0.135. The summed E-state index contributed by atoms with van der Waals surface area (Å²) in [6, 6.07) is 16.4. The number of ketones is 1. The van der Waals surface area contributed by atoms with Gasteiger partial charge in [-0.15, -0.1) is 6.58 Å². The van der Waals surface area contributed by atoms with Crippen LogP contribution in [-0.2, 0) is 4.79 Å². The van der Waals surface area contributed by atoms with Gasteiger partial charge in [0.25, 0.3) is 5.91 Å². The SMILES string of the molecule is C=CC.CCC(=O)C(C)(C)Nc1cccc(NC(=O)c2ccccc2)c1. The number of allylic oxidation sites excluding steroid dienone is 1. The Morgan fingerprint density at radius 2 is 1.62 bits per heavy atom. The number of hydrogen-bond donors (Lipinski definition) is 2. The third-order valence-electron chi connectivity index (χ3n) is 3.63. The summed E-state index contributed by atoms with van der Waals surface area (Å²) in [6.07, 6.45) is 2.23. The first kappa shape index (κ1) is 21.2. The molecule has 2 aromatic carbocycles. The fourth-order valence-electron chi connectivity index (χ4n) is 2.34. The second-order valence-electron chi connectivity index (χ2n) is 6.34. The molecule has 1 amide bonds. The largest absolute Gasteiger partial charge is 0.373 e. The Kier molecular flexibility index (Phi) is 8.29. The molecule has 0 saturated heterocycles. The molecule has 0 aliphatic carbocycles. The highest BCUT2D eigenvalue weighted by Crippen LogP contribution is 2.21. The molecule has 0 aliphatic rings. The van der Waals surface area contributed by atoms with E-state index in [1.54, 1.807) is 18.2 Å². The van der Waals surface area contributed by atoms with E-state index in [9.17, 15) is 9.59 Å². The zero-order valence-electron chi connectivity index (χ0n) is 16.0. The molecule has 2 N–H and O–H groups in total. The van der Waals surface area contributed by atoms with E-state index in [4.69, 9.17) is 0 Å². The first-order chi connectivity index (χ1) is 12.3. The summed E-state index contributed by atoms with van der Waals surface area (Å²) >= 11 is 0. The van der Waals surface area contributed by atoms with Crippen LogP contribution in [0, 0.1) is 0 Å². The molecular weight excluding hydrogens is 324 g/mol. The monoisotopic (exact) mass is 352 g/mol. The van der Waals surface area contributed by atoms with Gasteiger partial charge in [0.1, 0.15) is 0 Å². The van der Waals surface area contributed by atoms with Gasteiger partial charge in [-0.1, -0.05) is 37.3 Å². The molecule has 0 aliphatic heterocycles. The highest BCUT2D eigenvalue weighted by Gasteiger charge is 2.25. The van der Waals surface area contributed by atoms with E-state index < -0.39 is 5.54 Å². The average Bonchev–Trinajstić information content (AvgIpc) is 2.62. The van der Waals surface area contributed by atoms with Crippen molar-refractivity contribution < 1.29 is 9.59 Å². The van der Waals surface area contributed by atoms with E-state index >= 15 is 0 Å². The van der Waals surface area contributed by atoms with Crippen LogP contribution in [0.1, 0.15) is 44.5 Å². The van der Waals surface area contributed by atoms with Crippen molar-refractivity contribution in [2.75, 3.05) is 10.6 Å². The van der Waals surface area contributed by atoms with Gasteiger partial charge in [0.2, 0.25) is 0 Å². The lowest BCUT2D eigenvalue weighted by molar-refractivity contribution is -0.122. The zero-order valence-corrected chi connectivity index (χ0v) is 16.0. The second kappa shape index (κ2) is 10.2. The quantitative estimate of drug-likeness (QED) is 0.694. The van der Waals surface area contributed by atoms with Crippen molar-refractivity contribution >= 4 is 23.1 Å². The van der Waals surface area contributed by atoms with Crippen LogP contribution in [0.5, 0.6) is 0 Å². The van der Waals surface area contributed by atoms with Gasteiger partial charge in [-0.3, -0.25) is 9.59 Å². The average molecular weight is 352 g/mol.